The molecule has 0 aromatic heterocycles. The van der Waals surface area contributed by atoms with Crippen LogP contribution < -0.4 is 46.1 Å². The van der Waals surface area contributed by atoms with E-state index >= 15 is 0 Å². The Morgan fingerprint density at radius 2 is 1.45 bits per heavy atom. The van der Waals surface area contributed by atoms with Crippen molar-refractivity contribution in [3.63, 3.8) is 0 Å². The van der Waals surface area contributed by atoms with Crippen molar-refractivity contribution in [2.75, 3.05) is 20.3 Å². The van der Waals surface area contributed by atoms with E-state index in [0.717, 1.165) is 65.4 Å². The Kier molecular flexibility index (Phi) is 27.9. The predicted molar refractivity (Wildman–Crippen MR) is 322 cm³/mol. The fraction of sp³-hybridized carbons (Fsp3) is 0.571. The number of nitro benzene ring substituents is 1. The molecule has 1 saturated heterocycles. The summed E-state index contributed by atoms with van der Waals surface area (Å²) in [5.41, 5.74) is -0.478. The van der Waals surface area contributed by atoms with Crippen LogP contribution in [0.4, 0.5) is 10.5 Å². The molecule has 89 heavy (non-hydrogen) atoms. The number of ether oxygens (including phenoxy) is 8. The van der Waals surface area contributed by atoms with Crippen molar-refractivity contribution in [3.8, 4) is 23.0 Å². The first-order chi connectivity index (χ1) is 42.2. The van der Waals surface area contributed by atoms with E-state index in [1.807, 2.05) is 0 Å². The number of hydrogen-bond donors (Lipinski definition) is 6. The molecule has 26 heteroatoms. The van der Waals surface area contributed by atoms with Crippen molar-refractivity contribution in [1.29, 1.82) is 0 Å². The second-order valence-electron chi connectivity index (χ2n) is 23.4. The summed E-state index contributed by atoms with van der Waals surface area (Å²) in [5, 5.41) is 29.2. The van der Waals surface area contributed by atoms with Crippen molar-refractivity contribution >= 4 is 59.2 Å². The minimum absolute atomic E-state index is 0.0342. The van der Waals surface area contributed by atoms with Gasteiger partial charge in [-0.15, -0.1) is 0 Å². The van der Waals surface area contributed by atoms with Gasteiger partial charge in [0.25, 0.3) is 0 Å². The van der Waals surface area contributed by atoms with E-state index in [-0.39, 0.29) is 72.3 Å². The quantitative estimate of drug-likeness (QED) is 0.0143. The van der Waals surface area contributed by atoms with Gasteiger partial charge >= 0.3 is 29.7 Å². The largest absolute Gasteiger partial charge is 0.490 e. The Bertz CT molecular complexity index is 2940. The minimum atomic E-state index is -1.69. The van der Waals surface area contributed by atoms with Gasteiger partial charge in [-0.25, -0.2) is 4.79 Å². The van der Waals surface area contributed by atoms with Crippen LogP contribution in [0.5, 0.6) is 23.0 Å². The number of benzene rings is 3. The van der Waals surface area contributed by atoms with E-state index < -0.39 is 132 Å². The van der Waals surface area contributed by atoms with Crippen molar-refractivity contribution < 1.29 is 86.0 Å². The zero-order chi connectivity index (χ0) is 65.4. The molecule has 0 unspecified atom stereocenters. The van der Waals surface area contributed by atoms with E-state index in [0.29, 0.717) is 12.0 Å². The van der Waals surface area contributed by atoms with E-state index in [2.05, 4.69) is 38.8 Å². The molecule has 6 rings (SSSR count). The maximum atomic E-state index is 14.7. The number of nitro groups is 1. The zero-order valence-electron chi connectivity index (χ0n) is 52.5. The van der Waals surface area contributed by atoms with Crippen LogP contribution in [0.25, 0.3) is 0 Å². The van der Waals surface area contributed by atoms with Gasteiger partial charge in [-0.05, 0) is 74.4 Å². The summed E-state index contributed by atoms with van der Waals surface area (Å²) in [6.45, 7) is 12.6. The SMILES string of the molecule is CCCCCCCCCCCC(=O)N[C@H]1[C@H](Oc2cc3cc(c2OC)Oc2ccc(cc2[N+](=O)[O-])C[C@@H](NC(=O)[C@@H](CC(C)C)NC(=O)CNC(=O)OC(C)(C)C)C(=O)N[C@@H](Cc2ccccc2)C(=O)NC3)O[C@H](COC(C)=O)[C@@H](OC(C)=O)[C@@H]1OC(C)=O. The number of carbonyl (C=O) groups is 9. The summed E-state index contributed by atoms with van der Waals surface area (Å²) in [6, 6.07) is 9.83. The zero-order valence-corrected chi connectivity index (χ0v) is 52.5. The number of alkyl carbamates (subject to hydrolysis) is 1. The topological polar surface area (TPSA) is 343 Å². The number of hydrogen-bond acceptors (Lipinski definition) is 19. The molecule has 1 fully saturated rings. The fourth-order valence-corrected chi connectivity index (χ4v) is 10.0. The molecule has 3 heterocycles. The second-order valence-corrected chi connectivity index (χ2v) is 23.4. The summed E-state index contributed by atoms with van der Waals surface area (Å²) >= 11 is 0. The highest BCUT2D eigenvalue weighted by molar-refractivity contribution is 5.95. The lowest BCUT2D eigenvalue weighted by Gasteiger charge is -2.45. The van der Waals surface area contributed by atoms with Crippen molar-refractivity contribution in [1.82, 2.24) is 31.9 Å². The third-order valence-electron chi connectivity index (χ3n) is 14.1. The third kappa shape index (κ3) is 23.8. The molecule has 0 spiro atoms. The number of unbranched alkanes of at least 4 members (excludes halogenated alkanes) is 8. The monoisotopic (exact) mass is 1250 g/mol. The number of amides is 6. The van der Waals surface area contributed by atoms with Crippen LogP contribution in [0.1, 0.15) is 150 Å². The summed E-state index contributed by atoms with van der Waals surface area (Å²) in [7, 11) is 1.25. The molecule has 0 radical (unpaired) electrons. The third-order valence-corrected chi connectivity index (χ3v) is 14.1. The van der Waals surface area contributed by atoms with Gasteiger partial charge in [0.15, 0.2) is 23.7 Å². The van der Waals surface area contributed by atoms with Crippen molar-refractivity contribution in [2.45, 2.75) is 207 Å². The van der Waals surface area contributed by atoms with Crippen molar-refractivity contribution in [2.24, 2.45) is 5.92 Å². The fourth-order valence-electron chi connectivity index (χ4n) is 10.0. The number of methoxy groups -OCH3 is 1. The smallest absolute Gasteiger partial charge is 0.408 e. The van der Waals surface area contributed by atoms with E-state index in [4.69, 9.17) is 37.9 Å². The maximum absolute atomic E-state index is 14.7. The van der Waals surface area contributed by atoms with Crippen molar-refractivity contribution in [3.05, 3.63) is 87.5 Å². The molecule has 0 saturated carbocycles. The molecule has 4 bridgehead atoms. The first-order valence-corrected chi connectivity index (χ1v) is 30.2. The average Bonchev–Trinajstić information content (AvgIpc) is 1.38. The van der Waals surface area contributed by atoms with Crippen LogP contribution in [0.3, 0.4) is 0 Å². The number of rotatable bonds is 28. The summed E-state index contributed by atoms with van der Waals surface area (Å²) < 4.78 is 47.4. The Morgan fingerprint density at radius 1 is 0.787 bits per heavy atom. The average molecular weight is 1250 g/mol. The molecule has 3 aromatic carbocycles. The molecule has 488 valence electrons. The van der Waals surface area contributed by atoms with Crippen LogP contribution in [-0.4, -0.2) is 133 Å². The highest BCUT2D eigenvalue weighted by Gasteiger charge is 2.52. The normalized spacial score (nSPS) is 19.6. The summed E-state index contributed by atoms with van der Waals surface area (Å²) in [4.78, 5) is 133. The number of nitrogens with one attached hydrogen (secondary N) is 6. The molecule has 3 aliphatic heterocycles. The van der Waals surface area contributed by atoms with Gasteiger partial charge in [0.2, 0.25) is 47.3 Å². The first-order valence-electron chi connectivity index (χ1n) is 30.2. The number of carbonyl (C=O) groups excluding carboxylic acids is 9. The lowest BCUT2D eigenvalue weighted by Crippen LogP contribution is -2.67. The van der Waals surface area contributed by atoms with Gasteiger partial charge in [0.1, 0.15) is 49.0 Å². The van der Waals surface area contributed by atoms with Gasteiger partial charge in [0.05, 0.1) is 12.0 Å². The molecular weight excluding hydrogens is 1160 g/mol. The Balaban J connectivity index is 1.59. The molecule has 3 aliphatic rings. The van der Waals surface area contributed by atoms with Gasteiger partial charge < -0.3 is 69.8 Å². The van der Waals surface area contributed by atoms with Gasteiger partial charge in [-0.2, -0.15) is 0 Å². The molecular formula is C63H87N7O19. The van der Waals surface area contributed by atoms with Gasteiger partial charge in [0, 0.05) is 52.6 Å². The standard InChI is InChI=1S/C63H87N7O19/c1-11-12-13-14-15-16-17-18-22-25-52(74)69-54-57(85-40(6)73)56(84-39(5)72)51(36-83-38(4)71)88-61(54)87-50-33-43-32-49(55(50)82-10)86-48-27-26-42(31-47(48)70(80)81)30-46(60(78)67-45(58(76)64-34-43)29-41-23-20-19-21-24-41)68-59(77)44(28-37(2)3)66-53(75)35-65-62(79)89-63(7,8)9/h19-21,23-24,26-27,31-33,37,44-46,51,54,56-57,61H,11-18,22,25,28-30,34-36H2,1-10H3,(H,64,76)(H,65,79)(H,66,75)(H,67,78)(H,68,77)(H,69,74)/t44-,45+,46-,51-,54-,56-,57-,61-/m1/s1. The lowest BCUT2D eigenvalue weighted by molar-refractivity contribution is -0.385. The molecule has 3 aromatic rings. The first kappa shape index (κ1) is 71.2. The van der Waals surface area contributed by atoms with E-state index in [9.17, 15) is 53.3 Å². The highest BCUT2D eigenvalue weighted by atomic mass is 16.7. The van der Waals surface area contributed by atoms with Crippen LogP contribution in [0.15, 0.2) is 60.7 Å². The van der Waals surface area contributed by atoms with Crippen LogP contribution in [0.2, 0.25) is 0 Å². The van der Waals surface area contributed by atoms with E-state index in [1.165, 1.54) is 44.2 Å². The molecule has 26 nitrogen and oxygen atoms in total. The minimum Gasteiger partial charge on any atom is -0.490 e. The molecule has 8 atom stereocenters. The number of fused-ring (bicyclic) bond motifs is 9. The molecule has 6 N–H and O–H groups in total. The van der Waals surface area contributed by atoms with Gasteiger partial charge in [-0.3, -0.25) is 48.5 Å². The Labute approximate surface area is 518 Å². The Morgan fingerprint density at radius 3 is 2.07 bits per heavy atom. The Hall–Kier alpha value is -8.55. The second kappa shape index (κ2) is 34.9. The summed E-state index contributed by atoms with van der Waals surface area (Å²) in [5.74, 6) is -7.19. The number of nitrogens with zero attached hydrogens (tertiary/aromatic N) is 1. The van der Waals surface area contributed by atoms with Crippen LogP contribution in [0, 0.1) is 16.0 Å². The molecule has 6 amide bonds. The summed E-state index contributed by atoms with van der Waals surface area (Å²) in [6.07, 6.45) is 1.56. The maximum Gasteiger partial charge on any atom is 0.408 e. The van der Waals surface area contributed by atoms with Gasteiger partial charge in [-0.1, -0.05) is 109 Å². The van der Waals surface area contributed by atoms with Crippen LogP contribution >= 0.6 is 0 Å². The van der Waals surface area contributed by atoms with Crippen LogP contribution in [-0.2, 0) is 81.4 Å². The predicted octanol–water partition coefficient (Wildman–Crippen LogP) is 6.77. The van der Waals surface area contributed by atoms with E-state index in [1.54, 1.807) is 65.0 Å². The number of esters is 3. The highest BCUT2D eigenvalue weighted by Crippen LogP contribution is 2.44. The molecule has 0 aliphatic carbocycles. The lowest BCUT2D eigenvalue weighted by atomic mass is 9.95.